The van der Waals surface area contributed by atoms with Gasteiger partial charge in [-0.3, -0.25) is 0 Å². The minimum absolute atomic E-state index is 0.595. The fraction of sp³-hybridized carbons (Fsp3) is 0.200. The summed E-state index contributed by atoms with van der Waals surface area (Å²) in [5.74, 6) is 1.18. The third-order valence-corrected chi connectivity index (χ3v) is 8.76. The van der Waals surface area contributed by atoms with Gasteiger partial charge in [-0.15, -0.1) is 0 Å². The molecule has 0 saturated carbocycles. The van der Waals surface area contributed by atoms with E-state index in [1.54, 1.807) is 0 Å². The predicted octanol–water partition coefficient (Wildman–Crippen LogP) is 5.81. The molecule has 0 heterocycles. The van der Waals surface area contributed by atoms with Crippen LogP contribution in [0.2, 0.25) is 0 Å². The van der Waals surface area contributed by atoms with Crippen LogP contribution in [0.25, 0.3) is 0 Å². The van der Waals surface area contributed by atoms with Gasteiger partial charge in [0.15, 0.2) is 0 Å². The Morgan fingerprint density at radius 3 is 1.86 bits per heavy atom. The van der Waals surface area contributed by atoms with E-state index < -0.39 is 10.0 Å². The van der Waals surface area contributed by atoms with E-state index in [0.717, 1.165) is 6.42 Å². The number of hydrogen-bond acceptors (Lipinski definition) is 0. The summed E-state index contributed by atoms with van der Waals surface area (Å²) in [5.41, 5.74) is 0. The molecule has 1 atom stereocenters. The minimum atomic E-state index is -1.03. The molecular formula is C20H22S. The lowest BCUT2D eigenvalue weighted by Gasteiger charge is -2.46. The van der Waals surface area contributed by atoms with Crippen molar-refractivity contribution in [3.05, 3.63) is 85.0 Å². The van der Waals surface area contributed by atoms with Crippen molar-refractivity contribution in [2.75, 3.05) is 5.75 Å². The molecule has 0 saturated heterocycles. The normalized spacial score (nSPS) is 18.6. The Kier molecular flexibility index (Phi) is 4.31. The first-order valence-corrected chi connectivity index (χ1v) is 9.48. The first-order valence-electron chi connectivity index (χ1n) is 7.61. The van der Waals surface area contributed by atoms with Gasteiger partial charge in [-0.1, -0.05) is 67.6 Å². The van der Waals surface area contributed by atoms with Crippen LogP contribution >= 0.6 is 10.0 Å². The molecule has 3 rings (SSSR count). The second-order valence-corrected chi connectivity index (χ2v) is 9.01. The van der Waals surface area contributed by atoms with Gasteiger partial charge in [0, 0.05) is 5.25 Å². The van der Waals surface area contributed by atoms with Crippen molar-refractivity contribution in [1.82, 2.24) is 0 Å². The van der Waals surface area contributed by atoms with Gasteiger partial charge in [0.2, 0.25) is 0 Å². The number of allylic oxidation sites excluding steroid dienone is 3. The van der Waals surface area contributed by atoms with E-state index >= 15 is 0 Å². The lowest BCUT2D eigenvalue weighted by molar-refractivity contribution is 1.02. The maximum Gasteiger partial charge on any atom is 0.0183 e. The molecule has 1 aliphatic rings. The molecule has 0 radical (unpaired) electrons. The van der Waals surface area contributed by atoms with E-state index in [1.807, 2.05) is 0 Å². The summed E-state index contributed by atoms with van der Waals surface area (Å²) in [4.78, 5) is 3.01. The van der Waals surface area contributed by atoms with Crippen LogP contribution in [-0.4, -0.2) is 11.0 Å². The van der Waals surface area contributed by atoms with Crippen LogP contribution in [0.4, 0.5) is 0 Å². The molecule has 1 unspecified atom stereocenters. The Labute approximate surface area is 129 Å². The maximum atomic E-state index is 2.42. The molecule has 0 aliphatic heterocycles. The summed E-state index contributed by atoms with van der Waals surface area (Å²) < 4.78 is 0. The first-order chi connectivity index (χ1) is 10.4. The fourth-order valence-corrected chi connectivity index (χ4v) is 7.37. The molecule has 0 nitrogen and oxygen atoms in total. The van der Waals surface area contributed by atoms with Crippen molar-refractivity contribution in [2.45, 2.75) is 28.4 Å². The number of rotatable bonds is 4. The van der Waals surface area contributed by atoms with Gasteiger partial charge in [-0.25, -0.2) is 0 Å². The molecule has 21 heavy (non-hydrogen) atoms. The molecule has 1 heteroatoms. The van der Waals surface area contributed by atoms with Crippen molar-refractivity contribution in [1.29, 1.82) is 0 Å². The average molecular weight is 294 g/mol. The number of hydrogen-bond donors (Lipinski definition) is 0. The highest BCUT2D eigenvalue weighted by atomic mass is 32.3. The topological polar surface area (TPSA) is 0 Å². The number of benzene rings is 2. The molecule has 0 bridgehead atoms. The second-order valence-electron chi connectivity index (χ2n) is 5.30. The minimum Gasteiger partial charge on any atom is -0.181 e. The maximum absolute atomic E-state index is 2.42. The molecule has 2 aromatic rings. The largest absolute Gasteiger partial charge is 0.181 e. The van der Waals surface area contributed by atoms with Gasteiger partial charge < -0.3 is 0 Å². The Bertz CT molecular complexity index is 586. The monoisotopic (exact) mass is 294 g/mol. The van der Waals surface area contributed by atoms with E-state index in [4.69, 9.17) is 0 Å². The average Bonchev–Trinajstić information content (AvgIpc) is 2.59. The lowest BCUT2D eigenvalue weighted by atomic mass is 10.2. The summed E-state index contributed by atoms with van der Waals surface area (Å²) in [5, 5.41) is 0.595. The lowest BCUT2D eigenvalue weighted by Crippen LogP contribution is -2.20. The van der Waals surface area contributed by atoms with Gasteiger partial charge >= 0.3 is 0 Å². The van der Waals surface area contributed by atoms with Crippen LogP contribution in [0, 0.1) is 0 Å². The zero-order chi connectivity index (χ0) is 14.5. The third kappa shape index (κ3) is 2.58. The highest BCUT2D eigenvalue weighted by Crippen LogP contribution is 2.66. The van der Waals surface area contributed by atoms with Crippen LogP contribution in [0.15, 0.2) is 94.8 Å². The molecule has 0 aromatic heterocycles. The van der Waals surface area contributed by atoms with E-state index in [9.17, 15) is 0 Å². The van der Waals surface area contributed by atoms with Crippen LogP contribution < -0.4 is 0 Å². The smallest absolute Gasteiger partial charge is 0.0183 e. The summed E-state index contributed by atoms with van der Waals surface area (Å²) in [6, 6.07) is 22.2. The highest BCUT2D eigenvalue weighted by Gasteiger charge is 2.33. The molecule has 0 N–H and O–H groups in total. The van der Waals surface area contributed by atoms with Gasteiger partial charge in [0.05, 0.1) is 0 Å². The zero-order valence-electron chi connectivity index (χ0n) is 12.5. The zero-order valence-corrected chi connectivity index (χ0v) is 13.3. The Morgan fingerprint density at radius 1 is 0.857 bits per heavy atom. The van der Waals surface area contributed by atoms with Crippen molar-refractivity contribution in [3.8, 4) is 0 Å². The van der Waals surface area contributed by atoms with Crippen molar-refractivity contribution >= 4 is 10.0 Å². The Hall–Kier alpha value is -1.73. The third-order valence-electron chi connectivity index (χ3n) is 4.24. The van der Waals surface area contributed by atoms with Crippen LogP contribution in [0.1, 0.15) is 13.3 Å². The van der Waals surface area contributed by atoms with E-state index in [-0.39, 0.29) is 0 Å². The molecule has 2 aromatic carbocycles. The van der Waals surface area contributed by atoms with Crippen LogP contribution in [0.5, 0.6) is 0 Å². The van der Waals surface area contributed by atoms with Crippen LogP contribution in [-0.2, 0) is 0 Å². The summed E-state index contributed by atoms with van der Waals surface area (Å²) in [6.07, 6.45) is 10.3. The van der Waals surface area contributed by atoms with Crippen molar-refractivity contribution in [2.24, 2.45) is 0 Å². The quantitative estimate of drug-likeness (QED) is 0.667. The first kappa shape index (κ1) is 14.2. The fourth-order valence-electron chi connectivity index (χ4n) is 3.22. The van der Waals surface area contributed by atoms with E-state index in [2.05, 4.69) is 91.9 Å². The SMILES string of the molecule is CCS(c1ccccc1)(c1ccccc1)C1C=CC=CC1. The Balaban J connectivity index is 2.18. The summed E-state index contributed by atoms with van der Waals surface area (Å²) in [6.45, 7) is 2.35. The second kappa shape index (κ2) is 6.36. The molecule has 108 valence electrons. The van der Waals surface area contributed by atoms with E-state index in [1.165, 1.54) is 15.5 Å². The summed E-state index contributed by atoms with van der Waals surface area (Å²) >= 11 is 0. The molecular weight excluding hydrogens is 272 g/mol. The molecule has 0 spiro atoms. The van der Waals surface area contributed by atoms with Gasteiger partial charge in [-0.05, 0) is 46.2 Å². The molecule has 0 fully saturated rings. The van der Waals surface area contributed by atoms with Crippen molar-refractivity contribution in [3.63, 3.8) is 0 Å². The summed E-state index contributed by atoms with van der Waals surface area (Å²) in [7, 11) is -1.03. The predicted molar refractivity (Wildman–Crippen MR) is 94.2 cm³/mol. The van der Waals surface area contributed by atoms with Gasteiger partial charge in [0.1, 0.15) is 0 Å². The van der Waals surface area contributed by atoms with Crippen molar-refractivity contribution < 1.29 is 0 Å². The van der Waals surface area contributed by atoms with Gasteiger partial charge in [0.25, 0.3) is 0 Å². The van der Waals surface area contributed by atoms with Gasteiger partial charge in [-0.2, -0.15) is 10.0 Å². The molecule has 1 aliphatic carbocycles. The standard InChI is InChI=1S/C20H22S/c1-2-21(18-12-6-3-7-13-18,19-14-8-4-9-15-19)20-16-10-5-11-17-20/h3-16,20H,2,17H2,1H3. The Morgan fingerprint density at radius 2 is 1.43 bits per heavy atom. The highest BCUT2D eigenvalue weighted by molar-refractivity contribution is 8.34. The molecule has 0 amide bonds. The van der Waals surface area contributed by atoms with E-state index in [0.29, 0.717) is 5.25 Å². The van der Waals surface area contributed by atoms with Crippen LogP contribution in [0.3, 0.4) is 0 Å².